The second kappa shape index (κ2) is 5.81. The zero-order chi connectivity index (χ0) is 14.7. The SMILES string of the molecule is CC(C)[C@@H](NC(=O)C1COc2ccccc2O1)C(=O)O. The molecule has 2 atom stereocenters. The van der Waals surface area contributed by atoms with Crippen molar-refractivity contribution in [2.75, 3.05) is 6.61 Å². The van der Waals surface area contributed by atoms with Crippen molar-refractivity contribution < 1.29 is 24.2 Å². The summed E-state index contributed by atoms with van der Waals surface area (Å²) in [7, 11) is 0. The van der Waals surface area contributed by atoms with Crippen LogP contribution in [-0.2, 0) is 9.59 Å². The minimum absolute atomic E-state index is 0.0628. The van der Waals surface area contributed by atoms with Gasteiger partial charge in [-0.15, -0.1) is 0 Å². The molecule has 6 nitrogen and oxygen atoms in total. The molecule has 1 unspecified atom stereocenters. The minimum Gasteiger partial charge on any atom is -0.485 e. The number of hydrogen-bond donors (Lipinski definition) is 2. The maximum Gasteiger partial charge on any atom is 0.326 e. The third-order valence-corrected chi connectivity index (χ3v) is 3.03. The normalized spacial score (nSPS) is 18.4. The summed E-state index contributed by atoms with van der Waals surface area (Å²) in [6, 6.07) is 6.09. The topological polar surface area (TPSA) is 84.9 Å². The van der Waals surface area contributed by atoms with E-state index in [1.165, 1.54) is 0 Å². The number of rotatable bonds is 4. The average Bonchev–Trinajstić information content (AvgIpc) is 2.43. The Labute approximate surface area is 116 Å². The number of carboxylic acids is 1. The molecule has 0 aromatic heterocycles. The number of nitrogens with one attached hydrogen (secondary N) is 1. The maximum atomic E-state index is 12.0. The zero-order valence-electron chi connectivity index (χ0n) is 11.3. The van der Waals surface area contributed by atoms with Gasteiger partial charge in [-0.2, -0.15) is 0 Å². The summed E-state index contributed by atoms with van der Waals surface area (Å²) in [6.45, 7) is 3.52. The van der Waals surface area contributed by atoms with E-state index in [9.17, 15) is 9.59 Å². The van der Waals surface area contributed by atoms with Crippen LogP contribution in [0.2, 0.25) is 0 Å². The van der Waals surface area contributed by atoms with E-state index in [1.807, 2.05) is 6.07 Å². The summed E-state index contributed by atoms with van der Waals surface area (Å²) in [4.78, 5) is 23.1. The highest BCUT2D eigenvalue weighted by molar-refractivity contribution is 5.87. The van der Waals surface area contributed by atoms with Gasteiger partial charge >= 0.3 is 5.97 Å². The van der Waals surface area contributed by atoms with Gasteiger partial charge in [-0.3, -0.25) is 4.79 Å². The number of fused-ring (bicyclic) bond motifs is 1. The summed E-state index contributed by atoms with van der Waals surface area (Å²) in [5, 5.41) is 11.5. The average molecular weight is 279 g/mol. The fourth-order valence-electron chi connectivity index (χ4n) is 1.91. The molecule has 0 spiro atoms. The van der Waals surface area contributed by atoms with E-state index < -0.39 is 24.0 Å². The lowest BCUT2D eigenvalue weighted by Crippen LogP contribution is -2.51. The number of ether oxygens (including phenoxy) is 2. The Bertz CT molecular complexity index is 514. The Kier molecular flexibility index (Phi) is 4.12. The number of hydrogen-bond acceptors (Lipinski definition) is 4. The molecule has 1 heterocycles. The maximum absolute atomic E-state index is 12.0. The molecular weight excluding hydrogens is 262 g/mol. The molecule has 6 heteroatoms. The molecule has 1 amide bonds. The van der Waals surface area contributed by atoms with E-state index in [-0.39, 0.29) is 12.5 Å². The van der Waals surface area contributed by atoms with E-state index in [0.717, 1.165) is 0 Å². The van der Waals surface area contributed by atoms with Crippen molar-refractivity contribution >= 4 is 11.9 Å². The Morgan fingerprint density at radius 1 is 1.30 bits per heavy atom. The molecule has 0 radical (unpaired) electrons. The third kappa shape index (κ3) is 3.01. The molecule has 0 fully saturated rings. The largest absolute Gasteiger partial charge is 0.485 e. The lowest BCUT2D eigenvalue weighted by molar-refractivity contribution is -0.145. The first-order valence-electron chi connectivity index (χ1n) is 6.40. The smallest absolute Gasteiger partial charge is 0.326 e. The van der Waals surface area contributed by atoms with E-state index in [4.69, 9.17) is 14.6 Å². The molecule has 1 aromatic rings. The van der Waals surface area contributed by atoms with Gasteiger partial charge in [0.05, 0.1) is 0 Å². The predicted molar refractivity (Wildman–Crippen MR) is 70.8 cm³/mol. The van der Waals surface area contributed by atoms with Gasteiger partial charge < -0.3 is 19.9 Å². The summed E-state index contributed by atoms with van der Waals surface area (Å²) in [5.74, 6) is -0.704. The van der Waals surface area contributed by atoms with Crippen LogP contribution in [-0.4, -0.2) is 35.7 Å². The van der Waals surface area contributed by atoms with Crippen LogP contribution in [0.15, 0.2) is 24.3 Å². The quantitative estimate of drug-likeness (QED) is 0.860. The minimum atomic E-state index is -1.06. The molecule has 108 valence electrons. The van der Waals surface area contributed by atoms with Crippen molar-refractivity contribution in [1.29, 1.82) is 0 Å². The van der Waals surface area contributed by atoms with Crippen LogP contribution in [0.5, 0.6) is 11.5 Å². The number of carbonyl (C=O) groups is 2. The van der Waals surface area contributed by atoms with Crippen molar-refractivity contribution in [2.24, 2.45) is 5.92 Å². The van der Waals surface area contributed by atoms with E-state index >= 15 is 0 Å². The zero-order valence-corrected chi connectivity index (χ0v) is 11.3. The monoisotopic (exact) mass is 279 g/mol. The van der Waals surface area contributed by atoms with E-state index in [2.05, 4.69) is 5.32 Å². The summed E-state index contributed by atoms with van der Waals surface area (Å²) < 4.78 is 11.0. The standard InChI is InChI=1S/C14H17NO5/c1-8(2)12(14(17)18)15-13(16)11-7-19-9-5-3-4-6-10(9)20-11/h3-6,8,11-12H,7H2,1-2H3,(H,15,16)(H,17,18)/t11?,12-/m1/s1. The van der Waals surface area contributed by atoms with Gasteiger partial charge in [-0.05, 0) is 18.1 Å². The van der Waals surface area contributed by atoms with Crippen molar-refractivity contribution in [3.63, 3.8) is 0 Å². The molecule has 0 saturated heterocycles. The number of carboxylic acid groups (broad SMARTS) is 1. The molecule has 0 bridgehead atoms. The highest BCUT2D eigenvalue weighted by atomic mass is 16.6. The van der Waals surface area contributed by atoms with Gasteiger partial charge in [-0.1, -0.05) is 26.0 Å². The van der Waals surface area contributed by atoms with Crippen molar-refractivity contribution in [3.05, 3.63) is 24.3 Å². The Balaban J connectivity index is 2.03. The van der Waals surface area contributed by atoms with Gasteiger partial charge in [-0.25, -0.2) is 4.79 Å². The van der Waals surface area contributed by atoms with Crippen molar-refractivity contribution in [2.45, 2.75) is 26.0 Å². The van der Waals surface area contributed by atoms with Crippen LogP contribution in [0.3, 0.4) is 0 Å². The molecule has 2 N–H and O–H groups in total. The first-order chi connectivity index (χ1) is 9.49. The van der Waals surface area contributed by atoms with Crippen LogP contribution in [0.25, 0.3) is 0 Å². The first-order valence-corrected chi connectivity index (χ1v) is 6.40. The van der Waals surface area contributed by atoms with Crippen LogP contribution >= 0.6 is 0 Å². The Morgan fingerprint density at radius 2 is 1.95 bits per heavy atom. The second-order valence-corrected chi connectivity index (χ2v) is 4.93. The molecule has 20 heavy (non-hydrogen) atoms. The number of aliphatic carboxylic acids is 1. The van der Waals surface area contributed by atoms with Crippen LogP contribution in [0.1, 0.15) is 13.8 Å². The van der Waals surface area contributed by atoms with Crippen molar-refractivity contribution in [3.8, 4) is 11.5 Å². The summed E-state index contributed by atoms with van der Waals surface area (Å²) >= 11 is 0. The number of carbonyl (C=O) groups excluding carboxylic acids is 1. The molecule has 1 aliphatic rings. The molecule has 1 aromatic carbocycles. The lowest BCUT2D eigenvalue weighted by atomic mass is 10.0. The van der Waals surface area contributed by atoms with Gasteiger partial charge in [0.1, 0.15) is 12.6 Å². The number of amides is 1. The van der Waals surface area contributed by atoms with Gasteiger partial charge in [0.2, 0.25) is 6.10 Å². The number of benzene rings is 1. The Hall–Kier alpha value is -2.24. The van der Waals surface area contributed by atoms with Crippen LogP contribution in [0, 0.1) is 5.92 Å². The Morgan fingerprint density at radius 3 is 2.55 bits per heavy atom. The predicted octanol–water partition coefficient (Wildman–Crippen LogP) is 1.05. The molecular formula is C14H17NO5. The van der Waals surface area contributed by atoms with Crippen LogP contribution < -0.4 is 14.8 Å². The fraction of sp³-hybridized carbons (Fsp3) is 0.429. The molecule has 1 aliphatic heterocycles. The van der Waals surface area contributed by atoms with E-state index in [1.54, 1.807) is 32.0 Å². The van der Waals surface area contributed by atoms with Crippen molar-refractivity contribution in [1.82, 2.24) is 5.32 Å². The third-order valence-electron chi connectivity index (χ3n) is 3.03. The van der Waals surface area contributed by atoms with E-state index in [0.29, 0.717) is 11.5 Å². The number of para-hydroxylation sites is 2. The highest BCUT2D eigenvalue weighted by Gasteiger charge is 2.31. The fourth-order valence-corrected chi connectivity index (χ4v) is 1.91. The van der Waals surface area contributed by atoms with Crippen LogP contribution in [0.4, 0.5) is 0 Å². The second-order valence-electron chi connectivity index (χ2n) is 4.93. The molecule has 0 saturated carbocycles. The van der Waals surface area contributed by atoms with Gasteiger partial charge in [0, 0.05) is 0 Å². The molecule has 0 aliphatic carbocycles. The summed E-state index contributed by atoms with van der Waals surface area (Å²) in [6.07, 6.45) is -0.842. The highest BCUT2D eigenvalue weighted by Crippen LogP contribution is 2.30. The van der Waals surface area contributed by atoms with Gasteiger partial charge in [0.15, 0.2) is 11.5 Å². The molecule has 2 rings (SSSR count). The summed E-state index contributed by atoms with van der Waals surface area (Å²) in [5.41, 5.74) is 0. The lowest BCUT2D eigenvalue weighted by Gasteiger charge is -2.27. The first kappa shape index (κ1) is 14.2. The van der Waals surface area contributed by atoms with Gasteiger partial charge in [0.25, 0.3) is 5.91 Å².